The Hall–Kier alpha value is -2.64. The molecule has 0 aliphatic carbocycles. The third kappa shape index (κ3) is 2.93. The minimum absolute atomic E-state index is 0.00875. The van der Waals surface area contributed by atoms with Crippen molar-refractivity contribution in [3.8, 4) is 0 Å². The zero-order chi connectivity index (χ0) is 15.6. The Bertz CT molecular complexity index is 673. The number of aromatic nitrogens is 4. The van der Waals surface area contributed by atoms with Crippen LogP contribution in [-0.2, 0) is 23.7 Å². The summed E-state index contributed by atoms with van der Waals surface area (Å²) in [6.07, 6.45) is 4.40. The van der Waals surface area contributed by atoms with E-state index in [1.54, 1.807) is 9.36 Å². The lowest BCUT2D eigenvalue weighted by Gasteiger charge is -2.20. The molecule has 1 aliphatic rings. The smallest absolute Gasteiger partial charge is 0.290 e. The molecule has 21 heavy (non-hydrogen) atoms. The third-order valence-corrected chi connectivity index (χ3v) is 3.31. The van der Waals surface area contributed by atoms with E-state index >= 15 is 0 Å². The van der Waals surface area contributed by atoms with Gasteiger partial charge in [0.05, 0.1) is 5.69 Å². The maximum absolute atomic E-state index is 11.7. The van der Waals surface area contributed by atoms with Crippen LogP contribution < -0.4 is 5.32 Å². The highest BCUT2D eigenvalue weighted by atomic mass is 16.3. The normalized spacial score (nSPS) is 16.5. The Kier molecular flexibility index (Phi) is 4.06. The van der Waals surface area contributed by atoms with Crippen LogP contribution in [0.2, 0.25) is 0 Å². The Morgan fingerprint density at radius 2 is 1.86 bits per heavy atom. The highest BCUT2D eigenvalue weighted by molar-refractivity contribution is 5.94. The molecule has 2 N–H and O–H groups in total. The number of carboxylic acid groups (broad SMARTS) is 1. The molecule has 1 amide bonds. The van der Waals surface area contributed by atoms with Crippen LogP contribution in [0.15, 0.2) is 12.4 Å². The minimum Gasteiger partial charge on any atom is -0.483 e. The number of aryl methyl sites for hydroxylation is 3. The van der Waals surface area contributed by atoms with Gasteiger partial charge in [-0.1, -0.05) is 0 Å². The number of fused-ring (bicyclic) bond motifs is 1. The number of hydrogen-bond donors (Lipinski definition) is 2. The number of carbonyl (C=O) groups excluding carboxylic acids is 1. The fourth-order valence-electron chi connectivity index (χ4n) is 2.57. The number of nitrogens with zero attached hydrogens (tertiary/aromatic N) is 4. The molecule has 0 radical (unpaired) electrons. The van der Waals surface area contributed by atoms with Gasteiger partial charge in [-0.05, 0) is 6.92 Å². The zero-order valence-electron chi connectivity index (χ0n) is 12.1. The lowest BCUT2D eigenvalue weighted by Crippen LogP contribution is -2.23. The fraction of sp³-hybridized carbons (Fsp3) is 0.385. The first kappa shape index (κ1) is 14.8. The van der Waals surface area contributed by atoms with Crippen LogP contribution in [0.3, 0.4) is 0 Å². The van der Waals surface area contributed by atoms with Crippen molar-refractivity contribution in [2.75, 3.05) is 5.32 Å². The number of hydrogen-bond acceptors (Lipinski definition) is 4. The van der Waals surface area contributed by atoms with Gasteiger partial charge in [0.1, 0.15) is 0 Å². The molecule has 2 aromatic rings. The molecule has 3 rings (SSSR count). The predicted molar refractivity (Wildman–Crippen MR) is 74.9 cm³/mol. The largest absolute Gasteiger partial charge is 0.483 e. The van der Waals surface area contributed by atoms with Crippen molar-refractivity contribution in [3.63, 3.8) is 0 Å². The lowest BCUT2D eigenvalue weighted by atomic mass is 9.88. The van der Waals surface area contributed by atoms with Gasteiger partial charge < -0.3 is 10.4 Å². The van der Waals surface area contributed by atoms with Crippen LogP contribution in [0, 0.1) is 6.92 Å². The van der Waals surface area contributed by atoms with Crippen molar-refractivity contribution in [2.24, 2.45) is 14.1 Å². The van der Waals surface area contributed by atoms with Crippen molar-refractivity contribution in [2.45, 2.75) is 19.3 Å². The van der Waals surface area contributed by atoms with E-state index in [4.69, 9.17) is 9.90 Å². The fourth-order valence-corrected chi connectivity index (χ4v) is 2.57. The van der Waals surface area contributed by atoms with Crippen LogP contribution in [0.4, 0.5) is 5.82 Å². The third-order valence-electron chi connectivity index (χ3n) is 3.31. The molecule has 0 aromatic carbocycles. The second kappa shape index (κ2) is 5.78. The van der Waals surface area contributed by atoms with E-state index in [2.05, 4.69) is 15.5 Å². The van der Waals surface area contributed by atoms with Crippen LogP contribution in [0.25, 0.3) is 0 Å². The predicted octanol–water partition coefficient (Wildman–Crippen LogP) is 0.637. The Morgan fingerprint density at radius 3 is 2.43 bits per heavy atom. The topological polar surface area (TPSA) is 102 Å². The molecule has 1 aliphatic heterocycles. The number of anilines is 1. The van der Waals surface area contributed by atoms with Gasteiger partial charge in [-0.3, -0.25) is 19.0 Å². The van der Waals surface area contributed by atoms with Gasteiger partial charge >= 0.3 is 0 Å². The van der Waals surface area contributed by atoms with Crippen molar-refractivity contribution in [1.29, 1.82) is 0 Å². The number of rotatable bonds is 1. The summed E-state index contributed by atoms with van der Waals surface area (Å²) in [5.41, 5.74) is 3.13. The minimum atomic E-state index is -0.250. The molecule has 0 bridgehead atoms. The molecule has 112 valence electrons. The van der Waals surface area contributed by atoms with E-state index in [0.717, 1.165) is 16.8 Å². The second-order valence-corrected chi connectivity index (χ2v) is 4.86. The van der Waals surface area contributed by atoms with E-state index in [-0.39, 0.29) is 18.3 Å². The quantitative estimate of drug-likeness (QED) is 0.751. The Balaban J connectivity index is 0.000000497. The van der Waals surface area contributed by atoms with Gasteiger partial charge in [-0.2, -0.15) is 10.2 Å². The van der Waals surface area contributed by atoms with Gasteiger partial charge in [0.15, 0.2) is 5.82 Å². The van der Waals surface area contributed by atoms with E-state index in [1.165, 1.54) is 0 Å². The van der Waals surface area contributed by atoms with Crippen LogP contribution in [0.5, 0.6) is 0 Å². The van der Waals surface area contributed by atoms with Gasteiger partial charge in [-0.25, -0.2) is 0 Å². The van der Waals surface area contributed by atoms with E-state index in [0.29, 0.717) is 12.2 Å². The van der Waals surface area contributed by atoms with Crippen molar-refractivity contribution in [3.05, 3.63) is 29.2 Å². The molecule has 8 heteroatoms. The van der Waals surface area contributed by atoms with Gasteiger partial charge in [0, 0.05) is 50.0 Å². The summed E-state index contributed by atoms with van der Waals surface area (Å²) in [4.78, 5) is 20.1. The average molecular weight is 291 g/mol. The molecule has 0 saturated carbocycles. The van der Waals surface area contributed by atoms with Gasteiger partial charge in [-0.15, -0.1) is 0 Å². The van der Waals surface area contributed by atoms with Crippen LogP contribution in [-0.4, -0.2) is 37.0 Å². The molecule has 0 fully saturated rings. The molecular formula is C13H17N5O3. The van der Waals surface area contributed by atoms with E-state index < -0.39 is 0 Å². The first-order valence-electron chi connectivity index (χ1n) is 6.37. The molecule has 2 aromatic heterocycles. The maximum Gasteiger partial charge on any atom is 0.290 e. The molecular weight excluding hydrogens is 274 g/mol. The van der Waals surface area contributed by atoms with E-state index in [1.807, 2.05) is 33.4 Å². The van der Waals surface area contributed by atoms with Crippen LogP contribution >= 0.6 is 0 Å². The highest BCUT2D eigenvalue weighted by Gasteiger charge is 2.30. The standard InChI is InChI=1S/C12H15N5O.CH2O2/c1-7-9(5-16(2)14-7)8-4-11(18)13-12-10(8)6-17(3)15-12;2-1-3/h5-6,8H,4H2,1-3H3,(H,13,15,18);1H,(H,2,3). The van der Waals surface area contributed by atoms with Crippen molar-refractivity contribution >= 4 is 18.2 Å². The summed E-state index contributed by atoms with van der Waals surface area (Å²) < 4.78 is 3.52. The van der Waals surface area contributed by atoms with E-state index in [9.17, 15) is 4.79 Å². The highest BCUT2D eigenvalue weighted by Crippen LogP contribution is 2.37. The van der Waals surface area contributed by atoms with Crippen molar-refractivity contribution in [1.82, 2.24) is 19.6 Å². The molecule has 1 unspecified atom stereocenters. The summed E-state index contributed by atoms with van der Waals surface area (Å²) in [6.45, 7) is 1.72. The summed E-state index contributed by atoms with van der Waals surface area (Å²) in [5.74, 6) is 0.729. The van der Waals surface area contributed by atoms with Gasteiger partial charge in [0.2, 0.25) is 5.91 Å². The zero-order valence-corrected chi connectivity index (χ0v) is 12.1. The Morgan fingerprint density at radius 1 is 1.29 bits per heavy atom. The summed E-state index contributed by atoms with van der Waals surface area (Å²) in [7, 11) is 3.75. The number of carbonyl (C=O) groups is 2. The summed E-state index contributed by atoms with van der Waals surface area (Å²) >= 11 is 0. The number of amides is 1. The lowest BCUT2D eigenvalue weighted by molar-refractivity contribution is -0.123. The number of nitrogens with one attached hydrogen (secondary N) is 1. The van der Waals surface area contributed by atoms with Crippen molar-refractivity contribution < 1.29 is 14.7 Å². The molecule has 1 atom stereocenters. The summed E-state index contributed by atoms with van der Waals surface area (Å²) in [5, 5.41) is 18.3. The molecule has 8 nitrogen and oxygen atoms in total. The first-order chi connectivity index (χ1) is 9.96. The summed E-state index contributed by atoms with van der Waals surface area (Å²) in [6, 6.07) is 0. The monoisotopic (exact) mass is 291 g/mol. The van der Waals surface area contributed by atoms with Gasteiger partial charge in [0.25, 0.3) is 6.47 Å². The molecule has 0 saturated heterocycles. The average Bonchev–Trinajstić information content (AvgIpc) is 2.91. The first-order valence-corrected chi connectivity index (χ1v) is 6.37. The maximum atomic E-state index is 11.7. The Labute approximate surface area is 121 Å². The SMILES string of the molecule is Cc1nn(C)cc1C1CC(=O)Nc2nn(C)cc21.O=CO. The second-order valence-electron chi connectivity index (χ2n) is 4.86. The molecule has 0 spiro atoms. The van der Waals surface area contributed by atoms with Crippen LogP contribution in [0.1, 0.15) is 29.2 Å². The molecule has 3 heterocycles.